The molecule has 0 saturated heterocycles. The van der Waals surface area contributed by atoms with Crippen LogP contribution in [0.25, 0.3) is 0 Å². The zero-order valence-corrected chi connectivity index (χ0v) is 14.2. The fourth-order valence-corrected chi connectivity index (χ4v) is 3.24. The first-order valence-corrected chi connectivity index (χ1v) is 8.05. The van der Waals surface area contributed by atoms with Crippen LogP contribution in [-0.2, 0) is 20.5 Å². The Morgan fingerprint density at radius 3 is 2.36 bits per heavy atom. The van der Waals surface area contributed by atoms with Gasteiger partial charge in [-0.25, -0.2) is 8.51 Å². The number of carbonyl (C=O) groups is 1. The van der Waals surface area contributed by atoms with E-state index >= 15 is 0 Å². The standard InChI is InChI=1S/C15H23NO5S/c1-11-9-13(21-8-7-20-4)10-12(2)15(11)22(19)16(3)6-5-14(17)18/h9-10H,5-8H2,1-4H3,(H,17,18). The van der Waals surface area contributed by atoms with Crippen LogP contribution in [0, 0.1) is 13.8 Å². The summed E-state index contributed by atoms with van der Waals surface area (Å²) in [7, 11) is 1.87. The van der Waals surface area contributed by atoms with Crippen molar-refractivity contribution in [2.75, 3.05) is 33.9 Å². The largest absolute Gasteiger partial charge is 0.491 e. The maximum Gasteiger partial charge on any atom is 0.304 e. The molecule has 1 aromatic carbocycles. The Morgan fingerprint density at radius 1 is 1.27 bits per heavy atom. The van der Waals surface area contributed by atoms with E-state index in [9.17, 15) is 9.00 Å². The smallest absolute Gasteiger partial charge is 0.304 e. The molecule has 22 heavy (non-hydrogen) atoms. The van der Waals surface area contributed by atoms with E-state index in [-0.39, 0.29) is 13.0 Å². The number of benzene rings is 1. The van der Waals surface area contributed by atoms with Gasteiger partial charge in [0.25, 0.3) is 0 Å². The third kappa shape index (κ3) is 5.40. The number of hydrogen-bond donors (Lipinski definition) is 1. The Kier molecular flexibility index (Phi) is 7.50. The van der Waals surface area contributed by atoms with Crippen molar-refractivity contribution >= 4 is 17.0 Å². The lowest BCUT2D eigenvalue weighted by atomic mass is 10.1. The van der Waals surface area contributed by atoms with Gasteiger partial charge in [-0.3, -0.25) is 4.79 Å². The number of nitrogens with zero attached hydrogens (tertiary/aromatic N) is 1. The number of carboxylic acid groups (broad SMARTS) is 1. The minimum Gasteiger partial charge on any atom is -0.491 e. The van der Waals surface area contributed by atoms with Crippen molar-refractivity contribution in [1.29, 1.82) is 0 Å². The Balaban J connectivity index is 2.86. The molecule has 6 nitrogen and oxygen atoms in total. The predicted molar refractivity (Wildman–Crippen MR) is 84.6 cm³/mol. The van der Waals surface area contributed by atoms with E-state index in [4.69, 9.17) is 14.6 Å². The first-order valence-electron chi connectivity index (χ1n) is 6.94. The van der Waals surface area contributed by atoms with Crippen LogP contribution in [-0.4, -0.2) is 53.5 Å². The molecule has 0 radical (unpaired) electrons. The SMILES string of the molecule is COCCOc1cc(C)c(S(=O)N(C)CCC(=O)O)c(C)c1. The molecule has 1 aromatic rings. The van der Waals surface area contributed by atoms with Gasteiger partial charge in [0.15, 0.2) is 0 Å². The van der Waals surface area contributed by atoms with Crippen LogP contribution in [0.4, 0.5) is 0 Å². The maximum absolute atomic E-state index is 12.6. The van der Waals surface area contributed by atoms with E-state index in [1.807, 2.05) is 26.0 Å². The number of aryl methyl sites for hydroxylation is 2. The van der Waals surface area contributed by atoms with E-state index in [1.165, 1.54) is 4.31 Å². The monoisotopic (exact) mass is 329 g/mol. The van der Waals surface area contributed by atoms with Crippen molar-refractivity contribution in [2.24, 2.45) is 0 Å². The molecule has 1 atom stereocenters. The minimum atomic E-state index is -1.39. The lowest BCUT2D eigenvalue weighted by Crippen LogP contribution is -2.25. The normalized spacial score (nSPS) is 12.4. The molecule has 1 rings (SSSR count). The average molecular weight is 329 g/mol. The lowest BCUT2D eigenvalue weighted by Gasteiger charge is -2.19. The van der Waals surface area contributed by atoms with E-state index in [2.05, 4.69) is 0 Å². The molecular formula is C15H23NO5S. The van der Waals surface area contributed by atoms with Gasteiger partial charge in [0.1, 0.15) is 23.3 Å². The summed E-state index contributed by atoms with van der Waals surface area (Å²) in [6, 6.07) is 3.67. The third-order valence-corrected chi connectivity index (χ3v) is 4.83. The summed E-state index contributed by atoms with van der Waals surface area (Å²) >= 11 is 0. The number of hydrogen-bond acceptors (Lipinski definition) is 4. The molecule has 1 N–H and O–H groups in total. The van der Waals surface area contributed by atoms with Crippen LogP contribution in [0.1, 0.15) is 17.5 Å². The predicted octanol–water partition coefficient (Wildman–Crippen LogP) is 1.76. The van der Waals surface area contributed by atoms with Crippen LogP contribution >= 0.6 is 0 Å². The van der Waals surface area contributed by atoms with Crippen LogP contribution in [0.2, 0.25) is 0 Å². The van der Waals surface area contributed by atoms with Crippen LogP contribution in [0.15, 0.2) is 17.0 Å². The van der Waals surface area contributed by atoms with Gasteiger partial charge < -0.3 is 14.6 Å². The van der Waals surface area contributed by atoms with Gasteiger partial charge in [-0.05, 0) is 37.1 Å². The quantitative estimate of drug-likeness (QED) is 0.699. The van der Waals surface area contributed by atoms with Crippen molar-refractivity contribution in [3.8, 4) is 5.75 Å². The van der Waals surface area contributed by atoms with Crippen molar-refractivity contribution in [3.05, 3.63) is 23.3 Å². The summed E-state index contributed by atoms with van der Waals surface area (Å²) in [5.41, 5.74) is 1.71. The Morgan fingerprint density at radius 2 is 1.86 bits per heavy atom. The van der Waals surface area contributed by atoms with Gasteiger partial charge in [-0.1, -0.05) is 0 Å². The first kappa shape index (κ1) is 18.6. The molecule has 0 aliphatic heterocycles. The van der Waals surface area contributed by atoms with Crippen LogP contribution < -0.4 is 4.74 Å². The van der Waals surface area contributed by atoms with E-state index in [0.717, 1.165) is 11.1 Å². The number of ether oxygens (including phenoxy) is 2. The molecule has 1 unspecified atom stereocenters. The lowest BCUT2D eigenvalue weighted by molar-refractivity contribution is -0.137. The second kappa shape index (κ2) is 8.87. The molecule has 0 bridgehead atoms. The van der Waals surface area contributed by atoms with Gasteiger partial charge >= 0.3 is 5.97 Å². The van der Waals surface area contributed by atoms with Gasteiger partial charge in [0.05, 0.1) is 17.9 Å². The highest BCUT2D eigenvalue weighted by molar-refractivity contribution is 7.82. The van der Waals surface area contributed by atoms with Gasteiger partial charge in [0.2, 0.25) is 0 Å². The second-order valence-corrected chi connectivity index (χ2v) is 6.50. The summed E-state index contributed by atoms with van der Waals surface area (Å²) < 4.78 is 24.6. The highest BCUT2D eigenvalue weighted by atomic mass is 32.2. The van der Waals surface area contributed by atoms with Gasteiger partial charge in [-0.2, -0.15) is 0 Å². The summed E-state index contributed by atoms with van der Waals surface area (Å²) in [4.78, 5) is 11.3. The Labute approximate surface area is 133 Å². The Bertz CT molecular complexity index is 524. The molecule has 0 fully saturated rings. The molecule has 0 heterocycles. The molecule has 124 valence electrons. The highest BCUT2D eigenvalue weighted by Crippen LogP contribution is 2.25. The summed E-state index contributed by atoms with van der Waals surface area (Å²) in [5.74, 6) is -0.194. The third-order valence-electron chi connectivity index (χ3n) is 3.09. The fraction of sp³-hybridized carbons (Fsp3) is 0.533. The van der Waals surface area contributed by atoms with Crippen molar-refractivity contribution in [1.82, 2.24) is 4.31 Å². The topological polar surface area (TPSA) is 76.1 Å². The number of rotatable bonds is 9. The van der Waals surface area contributed by atoms with Crippen LogP contribution in [0.5, 0.6) is 5.75 Å². The van der Waals surface area contributed by atoms with Gasteiger partial charge in [0, 0.05) is 20.7 Å². The molecule has 0 saturated carbocycles. The average Bonchev–Trinajstić information content (AvgIpc) is 2.44. The summed E-state index contributed by atoms with van der Waals surface area (Å²) in [6.45, 7) is 4.93. The highest BCUT2D eigenvalue weighted by Gasteiger charge is 2.17. The maximum atomic E-state index is 12.6. The molecular weight excluding hydrogens is 306 g/mol. The summed E-state index contributed by atoms with van der Waals surface area (Å²) in [6.07, 6.45) is -0.0431. The second-order valence-electron chi connectivity index (χ2n) is 4.97. The fourth-order valence-electron chi connectivity index (χ4n) is 2.00. The van der Waals surface area contributed by atoms with Crippen LogP contribution in [0.3, 0.4) is 0 Å². The molecule has 0 spiro atoms. The van der Waals surface area contributed by atoms with Crippen molar-refractivity contribution < 1.29 is 23.6 Å². The number of carboxylic acids is 1. The van der Waals surface area contributed by atoms with Crippen molar-refractivity contribution in [3.63, 3.8) is 0 Å². The molecule has 0 aliphatic carbocycles. The van der Waals surface area contributed by atoms with Crippen molar-refractivity contribution in [2.45, 2.75) is 25.2 Å². The Hall–Kier alpha value is -1.44. The molecule has 7 heteroatoms. The molecule has 0 aliphatic rings. The van der Waals surface area contributed by atoms with E-state index in [0.29, 0.717) is 23.9 Å². The first-order chi connectivity index (χ1) is 10.4. The molecule has 0 amide bonds. The zero-order valence-electron chi connectivity index (χ0n) is 13.4. The number of methoxy groups -OCH3 is 1. The number of aliphatic carboxylic acids is 1. The zero-order chi connectivity index (χ0) is 16.7. The van der Waals surface area contributed by atoms with Gasteiger partial charge in [-0.15, -0.1) is 0 Å². The minimum absolute atomic E-state index is 0.0431. The summed E-state index contributed by atoms with van der Waals surface area (Å²) in [5, 5.41) is 8.71. The van der Waals surface area contributed by atoms with E-state index in [1.54, 1.807) is 14.2 Å². The molecule has 0 aromatic heterocycles. The van der Waals surface area contributed by atoms with E-state index < -0.39 is 17.0 Å².